The third-order valence-corrected chi connectivity index (χ3v) is 4.64. The van der Waals surface area contributed by atoms with E-state index < -0.39 is 11.5 Å². The van der Waals surface area contributed by atoms with Crippen LogP contribution in [0, 0.1) is 12.3 Å². The summed E-state index contributed by atoms with van der Waals surface area (Å²) in [4.78, 5) is 26.7. The van der Waals surface area contributed by atoms with E-state index in [9.17, 15) is 9.59 Å². The standard InChI is InChI=1S/C23H30N2O3/c1-6-14-23(4,5)21(26)24-18-11-9-13-20(16-18)28-22(27)25(7-2)19-12-8-10-17(3)15-19/h8-13,15-16H,6-7,14H2,1-5H3,(H,24,26). The van der Waals surface area contributed by atoms with Crippen LogP contribution in [0.15, 0.2) is 48.5 Å². The lowest BCUT2D eigenvalue weighted by Crippen LogP contribution is -2.33. The van der Waals surface area contributed by atoms with E-state index in [0.29, 0.717) is 18.0 Å². The summed E-state index contributed by atoms with van der Waals surface area (Å²) in [6, 6.07) is 14.6. The molecule has 1 N–H and O–H groups in total. The van der Waals surface area contributed by atoms with Gasteiger partial charge in [-0.2, -0.15) is 0 Å². The van der Waals surface area contributed by atoms with Crippen LogP contribution in [-0.2, 0) is 4.79 Å². The smallest absolute Gasteiger partial charge is 0.410 e. The molecule has 0 fully saturated rings. The molecule has 0 aromatic heterocycles. The Morgan fingerprint density at radius 3 is 2.43 bits per heavy atom. The zero-order valence-corrected chi connectivity index (χ0v) is 17.4. The van der Waals surface area contributed by atoms with Gasteiger partial charge in [0.05, 0.1) is 0 Å². The van der Waals surface area contributed by atoms with Gasteiger partial charge in [0.15, 0.2) is 0 Å². The number of benzene rings is 2. The molecule has 0 bridgehead atoms. The van der Waals surface area contributed by atoms with Gasteiger partial charge in [-0.05, 0) is 50.1 Å². The van der Waals surface area contributed by atoms with Gasteiger partial charge >= 0.3 is 6.09 Å². The van der Waals surface area contributed by atoms with E-state index >= 15 is 0 Å². The number of carbonyl (C=O) groups is 2. The summed E-state index contributed by atoms with van der Waals surface area (Å²) >= 11 is 0. The number of rotatable bonds is 7. The van der Waals surface area contributed by atoms with Crippen LogP contribution in [-0.4, -0.2) is 18.5 Å². The van der Waals surface area contributed by atoms with Crippen LogP contribution < -0.4 is 15.0 Å². The molecular formula is C23H30N2O3. The minimum Gasteiger partial charge on any atom is -0.410 e. The second-order valence-corrected chi connectivity index (χ2v) is 7.57. The third-order valence-electron chi connectivity index (χ3n) is 4.64. The Morgan fingerprint density at radius 1 is 1.07 bits per heavy atom. The van der Waals surface area contributed by atoms with Crippen molar-refractivity contribution in [2.75, 3.05) is 16.8 Å². The van der Waals surface area contributed by atoms with Crippen LogP contribution in [0.1, 0.15) is 46.1 Å². The Morgan fingerprint density at radius 2 is 1.79 bits per heavy atom. The lowest BCUT2D eigenvalue weighted by atomic mass is 9.87. The summed E-state index contributed by atoms with van der Waals surface area (Å²) in [5, 5.41) is 2.92. The number of carbonyl (C=O) groups excluding carboxylic acids is 2. The minimum atomic E-state index is -0.456. The van der Waals surface area contributed by atoms with E-state index in [1.807, 2.05) is 52.0 Å². The average Bonchev–Trinajstić information content (AvgIpc) is 2.62. The minimum absolute atomic E-state index is 0.0484. The van der Waals surface area contributed by atoms with Crippen molar-refractivity contribution in [3.05, 3.63) is 54.1 Å². The summed E-state index contributed by atoms with van der Waals surface area (Å²) in [6.45, 7) is 10.3. The molecule has 28 heavy (non-hydrogen) atoms. The van der Waals surface area contributed by atoms with Gasteiger partial charge in [-0.3, -0.25) is 9.69 Å². The Labute approximate surface area is 167 Å². The molecular weight excluding hydrogens is 352 g/mol. The summed E-state index contributed by atoms with van der Waals surface area (Å²) in [5.41, 5.74) is 2.02. The molecule has 5 nitrogen and oxygen atoms in total. The predicted octanol–water partition coefficient (Wildman–Crippen LogP) is 5.79. The maximum Gasteiger partial charge on any atom is 0.419 e. The first-order valence-electron chi connectivity index (χ1n) is 9.74. The van der Waals surface area contributed by atoms with Crippen LogP contribution in [0.3, 0.4) is 0 Å². The van der Waals surface area contributed by atoms with Gasteiger partial charge in [-0.25, -0.2) is 4.79 Å². The summed E-state index contributed by atoms with van der Waals surface area (Å²) < 4.78 is 5.55. The monoisotopic (exact) mass is 382 g/mol. The highest BCUT2D eigenvalue weighted by atomic mass is 16.6. The molecule has 2 aromatic rings. The Hall–Kier alpha value is -2.82. The van der Waals surface area contributed by atoms with Crippen molar-refractivity contribution in [3.63, 3.8) is 0 Å². The highest BCUT2D eigenvalue weighted by Gasteiger charge is 2.26. The summed E-state index contributed by atoms with van der Waals surface area (Å²) in [6.07, 6.45) is 1.28. The van der Waals surface area contributed by atoms with Crippen LogP contribution in [0.2, 0.25) is 0 Å². The topological polar surface area (TPSA) is 58.6 Å². The molecule has 0 saturated heterocycles. The van der Waals surface area contributed by atoms with Crippen LogP contribution in [0.25, 0.3) is 0 Å². The van der Waals surface area contributed by atoms with E-state index in [-0.39, 0.29) is 5.91 Å². The van der Waals surface area contributed by atoms with Crippen molar-refractivity contribution in [1.29, 1.82) is 0 Å². The maximum atomic E-state index is 12.6. The molecule has 5 heteroatoms. The quantitative estimate of drug-likeness (QED) is 0.660. The molecule has 0 radical (unpaired) electrons. The van der Waals surface area contributed by atoms with Crippen LogP contribution >= 0.6 is 0 Å². The zero-order valence-electron chi connectivity index (χ0n) is 17.4. The lowest BCUT2D eigenvalue weighted by molar-refractivity contribution is -0.124. The Balaban J connectivity index is 2.11. The number of hydrogen-bond donors (Lipinski definition) is 1. The Bertz CT molecular complexity index is 830. The maximum absolute atomic E-state index is 12.6. The van der Waals surface area contributed by atoms with Crippen molar-refractivity contribution in [3.8, 4) is 5.75 Å². The van der Waals surface area contributed by atoms with Gasteiger partial charge < -0.3 is 10.1 Å². The molecule has 0 unspecified atom stereocenters. The number of anilines is 2. The molecule has 0 aliphatic carbocycles. The molecule has 150 valence electrons. The number of hydrogen-bond acceptors (Lipinski definition) is 3. The number of nitrogens with zero attached hydrogens (tertiary/aromatic N) is 1. The molecule has 0 aliphatic rings. The molecule has 0 saturated carbocycles. The van der Waals surface area contributed by atoms with E-state index in [2.05, 4.69) is 12.2 Å². The van der Waals surface area contributed by atoms with Gasteiger partial charge in [0, 0.05) is 29.4 Å². The molecule has 0 atom stereocenters. The molecule has 0 heterocycles. The van der Waals surface area contributed by atoms with E-state index in [1.54, 1.807) is 29.2 Å². The summed E-state index contributed by atoms with van der Waals surface area (Å²) in [5.74, 6) is 0.343. The number of aryl methyl sites for hydroxylation is 1. The SMILES string of the molecule is CCCC(C)(C)C(=O)Nc1cccc(OC(=O)N(CC)c2cccc(C)c2)c1. The molecule has 0 spiro atoms. The normalized spacial score (nSPS) is 11.0. The Kier molecular flexibility index (Phi) is 7.21. The lowest BCUT2D eigenvalue weighted by Gasteiger charge is -2.23. The molecule has 2 rings (SSSR count). The molecule has 2 amide bonds. The van der Waals surface area contributed by atoms with Crippen molar-refractivity contribution < 1.29 is 14.3 Å². The fourth-order valence-corrected chi connectivity index (χ4v) is 3.05. The molecule has 2 aromatic carbocycles. The van der Waals surface area contributed by atoms with Gasteiger partial charge in [0.2, 0.25) is 5.91 Å². The highest BCUT2D eigenvalue weighted by Crippen LogP contribution is 2.26. The second kappa shape index (κ2) is 9.40. The first-order valence-corrected chi connectivity index (χ1v) is 9.74. The fraction of sp³-hybridized carbons (Fsp3) is 0.391. The van der Waals surface area contributed by atoms with Crippen molar-refractivity contribution >= 4 is 23.4 Å². The largest absolute Gasteiger partial charge is 0.419 e. The third kappa shape index (κ3) is 5.59. The van der Waals surface area contributed by atoms with E-state index in [4.69, 9.17) is 4.74 Å². The van der Waals surface area contributed by atoms with Gasteiger partial charge in [-0.15, -0.1) is 0 Å². The number of amides is 2. The second-order valence-electron chi connectivity index (χ2n) is 7.57. The molecule has 0 aliphatic heterocycles. The van der Waals surface area contributed by atoms with Crippen LogP contribution in [0.5, 0.6) is 5.75 Å². The summed E-state index contributed by atoms with van der Waals surface area (Å²) in [7, 11) is 0. The van der Waals surface area contributed by atoms with Crippen molar-refractivity contribution in [2.45, 2.75) is 47.5 Å². The number of nitrogens with one attached hydrogen (secondary N) is 1. The van der Waals surface area contributed by atoms with Crippen LogP contribution in [0.4, 0.5) is 16.2 Å². The average molecular weight is 383 g/mol. The van der Waals surface area contributed by atoms with Crippen molar-refractivity contribution in [2.24, 2.45) is 5.41 Å². The van der Waals surface area contributed by atoms with Gasteiger partial charge in [0.25, 0.3) is 0 Å². The van der Waals surface area contributed by atoms with Gasteiger partial charge in [0.1, 0.15) is 5.75 Å². The first-order chi connectivity index (χ1) is 13.3. The predicted molar refractivity (Wildman–Crippen MR) is 114 cm³/mol. The zero-order chi connectivity index (χ0) is 20.7. The van der Waals surface area contributed by atoms with E-state index in [0.717, 1.165) is 24.1 Å². The van der Waals surface area contributed by atoms with E-state index in [1.165, 1.54) is 0 Å². The number of ether oxygens (including phenoxy) is 1. The highest BCUT2D eigenvalue weighted by molar-refractivity contribution is 5.95. The van der Waals surface area contributed by atoms with Gasteiger partial charge in [-0.1, -0.05) is 45.4 Å². The fourth-order valence-electron chi connectivity index (χ4n) is 3.05. The van der Waals surface area contributed by atoms with Crippen molar-refractivity contribution in [1.82, 2.24) is 0 Å². The first kappa shape index (κ1) is 21.5.